The third-order valence-corrected chi connectivity index (χ3v) is 4.52. The van der Waals surface area contributed by atoms with Crippen molar-refractivity contribution in [2.45, 2.75) is 12.7 Å². The Hall–Kier alpha value is -2.80. The normalized spacial score (nSPS) is 10.7. The lowest BCUT2D eigenvalue weighted by Crippen LogP contribution is -2.16. The first-order valence-corrected chi connectivity index (χ1v) is 9.39. The molecule has 2 heterocycles. The number of hydrogen-bond donors (Lipinski definition) is 1. The maximum atomic E-state index is 12.0. The molecule has 0 radical (unpaired) electrons. The van der Waals surface area contributed by atoms with Crippen molar-refractivity contribution in [3.63, 3.8) is 0 Å². The Labute approximate surface area is 155 Å². The van der Waals surface area contributed by atoms with E-state index in [0.29, 0.717) is 23.7 Å². The van der Waals surface area contributed by atoms with E-state index in [1.165, 1.54) is 22.2 Å². The number of hydrogen-bond acceptors (Lipinski definition) is 5. The number of fused-ring (bicyclic) bond motifs is 1. The molecule has 0 atom stereocenters. The quantitative estimate of drug-likeness (QED) is 0.693. The number of anilines is 1. The predicted octanol–water partition coefficient (Wildman–Crippen LogP) is 2.97. The summed E-state index contributed by atoms with van der Waals surface area (Å²) in [6.07, 6.45) is 1.69. The minimum Gasteiger partial charge on any atom is -0.494 e. The van der Waals surface area contributed by atoms with Crippen LogP contribution in [0, 0.1) is 0 Å². The number of nitrogens with one attached hydrogen (secondary N) is 1. The SMILES string of the molecule is CCOc1ccc(NC(=O)CSCc2cc(=O)n3ccccc3n2)cc1. The molecule has 2 aromatic heterocycles. The second-order valence-corrected chi connectivity index (χ2v) is 6.50. The van der Waals surface area contributed by atoms with E-state index < -0.39 is 0 Å². The van der Waals surface area contributed by atoms with Crippen LogP contribution in [0.2, 0.25) is 0 Å². The second-order valence-electron chi connectivity index (χ2n) is 5.51. The average molecular weight is 369 g/mol. The van der Waals surface area contributed by atoms with Crippen LogP contribution in [-0.4, -0.2) is 27.7 Å². The molecule has 0 saturated heterocycles. The van der Waals surface area contributed by atoms with Crippen molar-refractivity contribution in [3.05, 3.63) is 70.8 Å². The highest BCUT2D eigenvalue weighted by molar-refractivity contribution is 7.99. The zero-order chi connectivity index (χ0) is 18.4. The first-order valence-electron chi connectivity index (χ1n) is 8.23. The lowest BCUT2D eigenvalue weighted by molar-refractivity contribution is -0.113. The minimum absolute atomic E-state index is 0.100. The van der Waals surface area contributed by atoms with Crippen LogP contribution in [0.3, 0.4) is 0 Å². The fraction of sp³-hybridized carbons (Fsp3) is 0.211. The van der Waals surface area contributed by atoms with Gasteiger partial charge in [-0.05, 0) is 43.3 Å². The molecule has 0 spiro atoms. The Morgan fingerprint density at radius 1 is 1.23 bits per heavy atom. The average Bonchev–Trinajstić information content (AvgIpc) is 2.64. The van der Waals surface area contributed by atoms with Crippen molar-refractivity contribution in [1.29, 1.82) is 0 Å². The summed E-state index contributed by atoms with van der Waals surface area (Å²) in [5, 5.41) is 2.84. The smallest absolute Gasteiger partial charge is 0.258 e. The fourth-order valence-corrected chi connectivity index (χ4v) is 3.14. The lowest BCUT2D eigenvalue weighted by atomic mass is 10.3. The van der Waals surface area contributed by atoms with Crippen LogP contribution in [0.25, 0.3) is 5.65 Å². The summed E-state index contributed by atoms with van der Waals surface area (Å²) >= 11 is 1.41. The van der Waals surface area contributed by atoms with Gasteiger partial charge in [0.1, 0.15) is 11.4 Å². The summed E-state index contributed by atoms with van der Waals surface area (Å²) in [6.45, 7) is 2.53. The highest BCUT2D eigenvalue weighted by Gasteiger charge is 2.06. The van der Waals surface area contributed by atoms with E-state index in [1.54, 1.807) is 30.5 Å². The van der Waals surface area contributed by atoms with E-state index in [9.17, 15) is 9.59 Å². The zero-order valence-corrected chi connectivity index (χ0v) is 15.2. The van der Waals surface area contributed by atoms with Crippen molar-refractivity contribution in [1.82, 2.24) is 9.38 Å². The van der Waals surface area contributed by atoms with Crippen molar-refractivity contribution >= 4 is 29.0 Å². The van der Waals surface area contributed by atoms with E-state index in [0.717, 1.165) is 11.4 Å². The number of carbonyl (C=O) groups excluding carboxylic acids is 1. The molecule has 3 aromatic rings. The molecule has 0 aliphatic heterocycles. The molecule has 0 fully saturated rings. The van der Waals surface area contributed by atoms with Gasteiger partial charge in [0.2, 0.25) is 5.91 Å². The molecule has 0 saturated carbocycles. The van der Waals surface area contributed by atoms with Crippen LogP contribution in [0.1, 0.15) is 12.6 Å². The molecule has 0 aliphatic carbocycles. The maximum Gasteiger partial charge on any atom is 0.258 e. The van der Waals surface area contributed by atoms with E-state index >= 15 is 0 Å². The van der Waals surface area contributed by atoms with Gasteiger partial charge >= 0.3 is 0 Å². The van der Waals surface area contributed by atoms with Crippen LogP contribution in [-0.2, 0) is 10.5 Å². The molecule has 7 heteroatoms. The number of ether oxygens (including phenoxy) is 1. The summed E-state index contributed by atoms with van der Waals surface area (Å²) in [6, 6.07) is 14.2. The summed E-state index contributed by atoms with van der Waals surface area (Å²) in [7, 11) is 0. The standard InChI is InChI=1S/C19H19N3O3S/c1-2-25-16-8-6-14(7-9-16)21-18(23)13-26-12-15-11-19(24)22-10-4-3-5-17(22)20-15/h3-11H,2,12-13H2,1H3,(H,21,23). The number of rotatable bonds is 7. The van der Waals surface area contributed by atoms with Gasteiger partial charge in [-0.3, -0.25) is 14.0 Å². The minimum atomic E-state index is -0.120. The van der Waals surface area contributed by atoms with Crippen molar-refractivity contribution in [3.8, 4) is 5.75 Å². The number of benzene rings is 1. The van der Waals surface area contributed by atoms with E-state index in [4.69, 9.17) is 4.74 Å². The van der Waals surface area contributed by atoms with Gasteiger partial charge in [-0.2, -0.15) is 0 Å². The monoisotopic (exact) mass is 369 g/mol. The van der Waals surface area contributed by atoms with Gasteiger partial charge in [0.15, 0.2) is 0 Å². The van der Waals surface area contributed by atoms with Crippen LogP contribution < -0.4 is 15.6 Å². The van der Waals surface area contributed by atoms with Gasteiger partial charge in [-0.15, -0.1) is 11.8 Å². The third-order valence-electron chi connectivity index (χ3n) is 3.56. The summed E-state index contributed by atoms with van der Waals surface area (Å²) in [4.78, 5) is 28.5. The van der Waals surface area contributed by atoms with Crippen LogP contribution >= 0.6 is 11.8 Å². The summed E-state index contributed by atoms with van der Waals surface area (Å²) < 4.78 is 6.86. The van der Waals surface area contributed by atoms with Gasteiger partial charge < -0.3 is 10.1 Å². The molecule has 134 valence electrons. The zero-order valence-electron chi connectivity index (χ0n) is 14.3. The van der Waals surface area contributed by atoms with Gasteiger partial charge in [0.25, 0.3) is 5.56 Å². The number of thioether (sulfide) groups is 1. The summed E-state index contributed by atoms with van der Waals surface area (Å²) in [5.41, 5.74) is 1.88. The molecular weight excluding hydrogens is 350 g/mol. The molecule has 26 heavy (non-hydrogen) atoms. The second kappa shape index (κ2) is 8.53. The van der Waals surface area contributed by atoms with Crippen molar-refractivity contribution < 1.29 is 9.53 Å². The van der Waals surface area contributed by atoms with E-state index in [1.807, 2.05) is 25.1 Å². The topological polar surface area (TPSA) is 72.7 Å². The Kier molecular flexibility index (Phi) is 5.91. The summed E-state index contributed by atoms with van der Waals surface area (Å²) in [5.74, 6) is 1.45. The highest BCUT2D eigenvalue weighted by Crippen LogP contribution is 2.16. The molecule has 0 bridgehead atoms. The van der Waals surface area contributed by atoms with Gasteiger partial charge in [-0.1, -0.05) is 6.07 Å². The fourth-order valence-electron chi connectivity index (χ4n) is 2.42. The van der Waals surface area contributed by atoms with E-state index in [2.05, 4.69) is 10.3 Å². The molecule has 1 aromatic carbocycles. The molecule has 6 nitrogen and oxygen atoms in total. The number of aromatic nitrogens is 2. The number of pyridine rings is 1. The van der Waals surface area contributed by atoms with Gasteiger partial charge in [0, 0.05) is 23.7 Å². The first-order chi connectivity index (χ1) is 12.7. The Balaban J connectivity index is 1.53. The number of amides is 1. The number of nitrogens with zero attached hydrogens (tertiary/aromatic N) is 2. The molecule has 1 N–H and O–H groups in total. The Morgan fingerprint density at radius 3 is 2.81 bits per heavy atom. The van der Waals surface area contributed by atoms with Gasteiger partial charge in [-0.25, -0.2) is 4.98 Å². The van der Waals surface area contributed by atoms with Crippen LogP contribution in [0.5, 0.6) is 5.75 Å². The van der Waals surface area contributed by atoms with Crippen LogP contribution in [0.15, 0.2) is 59.5 Å². The van der Waals surface area contributed by atoms with E-state index in [-0.39, 0.29) is 17.2 Å². The third kappa shape index (κ3) is 4.64. The first kappa shape index (κ1) is 18.0. The predicted molar refractivity (Wildman–Crippen MR) is 104 cm³/mol. The maximum absolute atomic E-state index is 12.0. The lowest BCUT2D eigenvalue weighted by Gasteiger charge is -2.07. The molecular formula is C19H19N3O3S. The largest absolute Gasteiger partial charge is 0.494 e. The Bertz CT molecular complexity index is 954. The van der Waals surface area contributed by atoms with Gasteiger partial charge in [0.05, 0.1) is 18.1 Å². The van der Waals surface area contributed by atoms with Crippen molar-refractivity contribution in [2.24, 2.45) is 0 Å². The van der Waals surface area contributed by atoms with Crippen molar-refractivity contribution in [2.75, 3.05) is 17.7 Å². The van der Waals surface area contributed by atoms with Crippen LogP contribution in [0.4, 0.5) is 5.69 Å². The molecule has 0 aliphatic rings. The molecule has 3 rings (SSSR count). The molecule has 0 unspecified atom stereocenters. The Morgan fingerprint density at radius 2 is 2.04 bits per heavy atom. The highest BCUT2D eigenvalue weighted by atomic mass is 32.2. The molecule has 1 amide bonds. The number of carbonyl (C=O) groups is 1.